The van der Waals surface area contributed by atoms with Gasteiger partial charge in [-0.1, -0.05) is 23.7 Å². The molecule has 0 radical (unpaired) electrons. The molecule has 1 heterocycles. The van der Waals surface area contributed by atoms with E-state index >= 15 is 0 Å². The van der Waals surface area contributed by atoms with E-state index < -0.39 is 0 Å². The third kappa shape index (κ3) is 3.07. The third-order valence-electron chi connectivity index (χ3n) is 2.70. The Hall–Kier alpha value is -1.98. The molecule has 0 spiro atoms. The lowest BCUT2D eigenvalue weighted by Gasteiger charge is -2.19. The average Bonchev–Trinajstić information content (AvgIpc) is 2.42. The Bertz CT molecular complexity index is 559. The van der Waals surface area contributed by atoms with Gasteiger partial charge in [0.2, 0.25) is 0 Å². The fraction of sp³-hybridized carbons (Fsp3) is 0.154. The van der Waals surface area contributed by atoms with Crippen LogP contribution in [0.1, 0.15) is 5.56 Å². The molecule has 100 valence electrons. The van der Waals surface area contributed by atoms with E-state index in [0.717, 1.165) is 11.3 Å². The number of hydrogen-bond acceptors (Lipinski definition) is 5. The molecular formula is C13H15ClN4O. The van der Waals surface area contributed by atoms with Crippen molar-refractivity contribution in [3.05, 3.63) is 47.1 Å². The number of halogens is 1. The molecule has 1 aromatic carbocycles. The molecule has 5 nitrogen and oxygen atoms in total. The Morgan fingerprint density at radius 1 is 1.26 bits per heavy atom. The van der Waals surface area contributed by atoms with Crippen LogP contribution in [0.3, 0.4) is 0 Å². The zero-order valence-electron chi connectivity index (χ0n) is 10.5. The van der Waals surface area contributed by atoms with Crippen molar-refractivity contribution in [2.24, 2.45) is 5.84 Å². The maximum absolute atomic E-state index is 5.97. The minimum absolute atomic E-state index is 0.375. The molecular weight excluding hydrogens is 264 g/mol. The Morgan fingerprint density at radius 2 is 1.95 bits per heavy atom. The fourth-order valence-electron chi connectivity index (χ4n) is 1.67. The number of rotatable bonds is 4. The highest BCUT2D eigenvalue weighted by molar-refractivity contribution is 6.33. The Kier molecular flexibility index (Phi) is 4.09. The van der Waals surface area contributed by atoms with Crippen LogP contribution in [0.5, 0.6) is 5.75 Å². The average molecular weight is 279 g/mol. The fourth-order valence-corrected chi connectivity index (χ4v) is 1.81. The number of ether oxygens (including phenoxy) is 1. The molecule has 0 unspecified atom stereocenters. The van der Waals surface area contributed by atoms with Crippen molar-refractivity contribution >= 4 is 23.1 Å². The summed E-state index contributed by atoms with van der Waals surface area (Å²) in [7, 11) is 1.63. The predicted molar refractivity (Wildman–Crippen MR) is 77.0 cm³/mol. The van der Waals surface area contributed by atoms with Gasteiger partial charge in [-0.05, 0) is 23.8 Å². The van der Waals surface area contributed by atoms with Crippen molar-refractivity contribution in [1.82, 2.24) is 4.98 Å². The number of nitrogen functional groups attached to an aromatic ring is 1. The van der Waals surface area contributed by atoms with Gasteiger partial charge in [0.25, 0.3) is 0 Å². The number of benzene rings is 1. The normalized spacial score (nSPS) is 10.3. The highest BCUT2D eigenvalue weighted by Gasteiger charge is 2.10. The summed E-state index contributed by atoms with van der Waals surface area (Å²) >= 11 is 5.94. The van der Waals surface area contributed by atoms with Crippen molar-refractivity contribution in [3.8, 4) is 5.75 Å². The van der Waals surface area contributed by atoms with E-state index in [1.165, 1.54) is 5.01 Å². The third-order valence-corrected chi connectivity index (χ3v) is 3.03. The molecule has 4 N–H and O–H groups in total. The Balaban J connectivity index is 2.15. The monoisotopic (exact) mass is 278 g/mol. The number of hydrogen-bond donors (Lipinski definition) is 2. The zero-order valence-corrected chi connectivity index (χ0v) is 11.3. The molecule has 0 aliphatic heterocycles. The number of aromatic nitrogens is 1. The smallest absolute Gasteiger partial charge is 0.167 e. The van der Waals surface area contributed by atoms with E-state index in [4.69, 9.17) is 27.9 Å². The number of methoxy groups -OCH3 is 1. The summed E-state index contributed by atoms with van der Waals surface area (Å²) in [5.41, 5.74) is 7.24. The number of nitrogens with two attached hydrogens (primary N) is 2. The van der Waals surface area contributed by atoms with Gasteiger partial charge in [-0.2, -0.15) is 0 Å². The van der Waals surface area contributed by atoms with Crippen LogP contribution in [0.15, 0.2) is 36.5 Å². The highest BCUT2D eigenvalue weighted by Crippen LogP contribution is 2.27. The van der Waals surface area contributed by atoms with Gasteiger partial charge in [0.15, 0.2) is 5.82 Å². The van der Waals surface area contributed by atoms with Gasteiger partial charge in [-0.3, -0.25) is 5.01 Å². The summed E-state index contributed by atoms with van der Waals surface area (Å²) in [6.07, 6.45) is 1.57. The second kappa shape index (κ2) is 5.77. The van der Waals surface area contributed by atoms with Crippen LogP contribution in [0.25, 0.3) is 0 Å². The summed E-state index contributed by atoms with van der Waals surface area (Å²) in [5, 5.41) is 1.90. The molecule has 1 aromatic heterocycles. The molecule has 0 saturated carbocycles. The molecule has 2 rings (SSSR count). The van der Waals surface area contributed by atoms with Gasteiger partial charge in [0.05, 0.1) is 24.4 Å². The maximum Gasteiger partial charge on any atom is 0.167 e. The molecule has 2 aromatic rings. The number of hydrazine groups is 1. The molecule has 0 aliphatic carbocycles. The number of anilines is 2. The van der Waals surface area contributed by atoms with Crippen molar-refractivity contribution < 1.29 is 4.74 Å². The van der Waals surface area contributed by atoms with E-state index in [-0.39, 0.29) is 0 Å². The molecule has 0 saturated heterocycles. The van der Waals surface area contributed by atoms with Crippen LogP contribution in [0.4, 0.5) is 11.5 Å². The summed E-state index contributed by atoms with van der Waals surface area (Å²) in [6, 6.07) is 9.23. The minimum Gasteiger partial charge on any atom is -0.497 e. The van der Waals surface area contributed by atoms with E-state index in [1.54, 1.807) is 19.4 Å². The van der Waals surface area contributed by atoms with Crippen LogP contribution < -0.4 is 21.3 Å². The van der Waals surface area contributed by atoms with Crippen LogP contribution in [0, 0.1) is 0 Å². The van der Waals surface area contributed by atoms with Crippen molar-refractivity contribution in [2.75, 3.05) is 17.9 Å². The number of pyridine rings is 1. The standard InChI is InChI=1S/C13H15ClN4O/c1-19-10-4-2-9(3-5-10)8-18(16)13-12(15)11(14)6-7-17-13/h2-7H,8,15-16H2,1H3. The molecule has 0 aliphatic rings. The van der Waals surface area contributed by atoms with E-state index in [9.17, 15) is 0 Å². The second-order valence-corrected chi connectivity index (χ2v) is 4.41. The van der Waals surface area contributed by atoms with Gasteiger partial charge >= 0.3 is 0 Å². The maximum atomic E-state index is 5.97. The van der Waals surface area contributed by atoms with Gasteiger partial charge in [-0.25, -0.2) is 10.8 Å². The van der Waals surface area contributed by atoms with Gasteiger partial charge in [-0.15, -0.1) is 0 Å². The van der Waals surface area contributed by atoms with Crippen LogP contribution in [-0.4, -0.2) is 12.1 Å². The molecule has 0 amide bonds. The topological polar surface area (TPSA) is 77.4 Å². The van der Waals surface area contributed by atoms with Crippen LogP contribution in [-0.2, 0) is 6.54 Å². The first-order valence-corrected chi connectivity index (χ1v) is 6.04. The molecule has 0 atom stereocenters. The molecule has 0 fully saturated rings. The zero-order chi connectivity index (χ0) is 13.8. The first kappa shape index (κ1) is 13.5. The molecule has 6 heteroatoms. The van der Waals surface area contributed by atoms with E-state index in [2.05, 4.69) is 4.98 Å². The molecule has 0 bridgehead atoms. The van der Waals surface area contributed by atoms with Gasteiger partial charge < -0.3 is 10.5 Å². The van der Waals surface area contributed by atoms with Crippen molar-refractivity contribution in [1.29, 1.82) is 0 Å². The van der Waals surface area contributed by atoms with Gasteiger partial charge in [0, 0.05) is 6.20 Å². The lowest BCUT2D eigenvalue weighted by atomic mass is 10.2. The Labute approximate surface area is 116 Å². The first-order chi connectivity index (χ1) is 9.11. The lowest BCUT2D eigenvalue weighted by Crippen LogP contribution is -2.31. The highest BCUT2D eigenvalue weighted by atomic mass is 35.5. The summed E-state index contributed by atoms with van der Waals surface area (Å²) in [5.74, 6) is 7.23. The Morgan fingerprint density at radius 3 is 2.58 bits per heavy atom. The van der Waals surface area contributed by atoms with Crippen molar-refractivity contribution in [3.63, 3.8) is 0 Å². The van der Waals surface area contributed by atoms with Crippen LogP contribution >= 0.6 is 11.6 Å². The SMILES string of the molecule is COc1ccc(CN(N)c2nccc(Cl)c2N)cc1. The number of nitrogens with zero attached hydrogens (tertiary/aromatic N) is 2. The summed E-state index contributed by atoms with van der Waals surface area (Å²) in [6.45, 7) is 0.474. The van der Waals surface area contributed by atoms with Crippen molar-refractivity contribution in [2.45, 2.75) is 6.54 Å². The summed E-state index contributed by atoms with van der Waals surface area (Å²) < 4.78 is 5.10. The van der Waals surface area contributed by atoms with Crippen LogP contribution in [0.2, 0.25) is 5.02 Å². The van der Waals surface area contributed by atoms with Gasteiger partial charge in [0.1, 0.15) is 5.75 Å². The lowest BCUT2D eigenvalue weighted by molar-refractivity contribution is 0.414. The second-order valence-electron chi connectivity index (χ2n) is 4.01. The molecule has 19 heavy (non-hydrogen) atoms. The quantitative estimate of drug-likeness (QED) is 0.662. The first-order valence-electron chi connectivity index (χ1n) is 5.67. The minimum atomic E-state index is 0.375. The van der Waals surface area contributed by atoms with E-state index in [1.807, 2.05) is 24.3 Å². The largest absolute Gasteiger partial charge is 0.497 e. The summed E-state index contributed by atoms with van der Waals surface area (Å²) in [4.78, 5) is 4.14. The van der Waals surface area contributed by atoms with E-state index in [0.29, 0.717) is 23.1 Å². The predicted octanol–water partition coefficient (Wildman–Crippen LogP) is 2.21.